The summed E-state index contributed by atoms with van der Waals surface area (Å²) in [4.78, 5) is 0. The van der Waals surface area contributed by atoms with Crippen molar-refractivity contribution in [2.75, 3.05) is 14.2 Å². The molecule has 1 rings (SSSR count). The van der Waals surface area contributed by atoms with Gasteiger partial charge in [-0.2, -0.15) is 0 Å². The van der Waals surface area contributed by atoms with E-state index in [0.717, 1.165) is 18.8 Å². The third kappa shape index (κ3) is 3.45. The van der Waals surface area contributed by atoms with Crippen LogP contribution in [0.5, 0.6) is 0 Å². The summed E-state index contributed by atoms with van der Waals surface area (Å²) in [5.74, 6) is 0.794. The lowest BCUT2D eigenvalue weighted by molar-refractivity contribution is -0.0627. The fourth-order valence-corrected chi connectivity index (χ4v) is 3.68. The zero-order valence-electron chi connectivity index (χ0n) is 12.2. The molecule has 1 aliphatic rings. The van der Waals surface area contributed by atoms with Gasteiger partial charge in [0.15, 0.2) is 0 Å². The fraction of sp³-hybridized carbons (Fsp3) is 1.00. The molecule has 0 aromatic heterocycles. The van der Waals surface area contributed by atoms with Crippen molar-refractivity contribution >= 4 is 0 Å². The zero-order valence-corrected chi connectivity index (χ0v) is 12.2. The van der Waals surface area contributed by atoms with Gasteiger partial charge in [-0.1, -0.05) is 39.5 Å². The summed E-state index contributed by atoms with van der Waals surface area (Å²) in [6.45, 7) is 4.52. The monoisotopic (exact) mass is 241 g/mol. The Hall–Kier alpha value is -0.0800. The van der Waals surface area contributed by atoms with Crippen molar-refractivity contribution in [2.45, 2.75) is 76.9 Å². The number of hydrogen-bond donors (Lipinski definition) is 1. The molecule has 102 valence electrons. The highest BCUT2D eigenvalue weighted by Crippen LogP contribution is 2.35. The molecule has 0 radical (unpaired) electrons. The summed E-state index contributed by atoms with van der Waals surface area (Å²) >= 11 is 0. The van der Waals surface area contributed by atoms with Crippen LogP contribution in [0.15, 0.2) is 0 Å². The van der Waals surface area contributed by atoms with E-state index in [4.69, 9.17) is 4.74 Å². The van der Waals surface area contributed by atoms with Crippen molar-refractivity contribution in [1.29, 1.82) is 0 Å². The van der Waals surface area contributed by atoms with Gasteiger partial charge < -0.3 is 10.1 Å². The maximum absolute atomic E-state index is 5.92. The molecule has 0 aliphatic heterocycles. The van der Waals surface area contributed by atoms with E-state index in [-0.39, 0.29) is 5.60 Å². The van der Waals surface area contributed by atoms with Crippen molar-refractivity contribution in [3.63, 3.8) is 0 Å². The van der Waals surface area contributed by atoms with E-state index in [9.17, 15) is 0 Å². The Morgan fingerprint density at radius 1 is 1.12 bits per heavy atom. The van der Waals surface area contributed by atoms with Gasteiger partial charge in [0.25, 0.3) is 0 Å². The summed E-state index contributed by atoms with van der Waals surface area (Å²) in [5.41, 5.74) is 0.0315. The van der Waals surface area contributed by atoms with Crippen LogP contribution >= 0.6 is 0 Å². The van der Waals surface area contributed by atoms with E-state index >= 15 is 0 Å². The van der Waals surface area contributed by atoms with E-state index in [1.165, 1.54) is 38.5 Å². The lowest BCUT2D eigenvalue weighted by atomic mass is 9.77. The van der Waals surface area contributed by atoms with Crippen LogP contribution in [0.4, 0.5) is 0 Å². The zero-order chi connectivity index (χ0) is 12.7. The Morgan fingerprint density at radius 3 is 2.00 bits per heavy atom. The van der Waals surface area contributed by atoms with Crippen LogP contribution in [0.2, 0.25) is 0 Å². The first-order valence-electron chi connectivity index (χ1n) is 7.46. The minimum absolute atomic E-state index is 0.0315. The van der Waals surface area contributed by atoms with Crippen molar-refractivity contribution in [3.05, 3.63) is 0 Å². The SMILES string of the molecule is CCC(CC)(OC)C(NC)C1CCCCCC1. The fourth-order valence-electron chi connectivity index (χ4n) is 3.68. The first kappa shape index (κ1) is 15.0. The Bertz CT molecular complexity index is 185. The van der Waals surface area contributed by atoms with Gasteiger partial charge >= 0.3 is 0 Å². The Labute approximate surface area is 108 Å². The summed E-state index contributed by atoms with van der Waals surface area (Å²) < 4.78 is 5.92. The maximum atomic E-state index is 5.92. The van der Waals surface area contributed by atoms with E-state index < -0.39 is 0 Å². The average molecular weight is 241 g/mol. The normalized spacial score (nSPS) is 21.2. The molecule has 1 fully saturated rings. The molecule has 0 spiro atoms. The van der Waals surface area contributed by atoms with E-state index in [2.05, 4.69) is 26.2 Å². The smallest absolute Gasteiger partial charge is 0.0828 e. The highest BCUT2D eigenvalue weighted by Gasteiger charge is 2.39. The van der Waals surface area contributed by atoms with Gasteiger partial charge in [0.1, 0.15) is 0 Å². The van der Waals surface area contributed by atoms with Gasteiger partial charge in [-0.25, -0.2) is 0 Å². The molecule has 1 atom stereocenters. The van der Waals surface area contributed by atoms with E-state index in [0.29, 0.717) is 6.04 Å². The van der Waals surface area contributed by atoms with Crippen LogP contribution in [-0.2, 0) is 4.74 Å². The number of methoxy groups -OCH3 is 1. The molecule has 0 bridgehead atoms. The van der Waals surface area contributed by atoms with Gasteiger partial charge in [-0.05, 0) is 38.6 Å². The van der Waals surface area contributed by atoms with Gasteiger partial charge in [0, 0.05) is 13.2 Å². The van der Waals surface area contributed by atoms with Crippen molar-refractivity contribution in [1.82, 2.24) is 5.32 Å². The second-order valence-corrected chi connectivity index (χ2v) is 5.49. The van der Waals surface area contributed by atoms with E-state index in [1.807, 2.05) is 7.11 Å². The second-order valence-electron chi connectivity index (χ2n) is 5.49. The van der Waals surface area contributed by atoms with Crippen molar-refractivity contribution in [3.8, 4) is 0 Å². The van der Waals surface area contributed by atoms with Gasteiger partial charge in [0.2, 0.25) is 0 Å². The molecule has 1 unspecified atom stereocenters. The van der Waals surface area contributed by atoms with Crippen LogP contribution in [-0.4, -0.2) is 25.8 Å². The molecular formula is C15H31NO. The van der Waals surface area contributed by atoms with E-state index in [1.54, 1.807) is 0 Å². The molecule has 2 nitrogen and oxygen atoms in total. The number of nitrogens with one attached hydrogen (secondary N) is 1. The second kappa shape index (κ2) is 7.38. The topological polar surface area (TPSA) is 21.3 Å². The standard InChI is InChI=1S/C15H31NO/c1-5-15(6-2,17-4)14(16-3)13-11-9-7-8-10-12-13/h13-14,16H,5-12H2,1-4H3. The summed E-state index contributed by atoms with van der Waals surface area (Å²) in [6.07, 6.45) is 10.6. The molecule has 0 aromatic rings. The first-order chi connectivity index (χ1) is 8.24. The Kier molecular flexibility index (Phi) is 6.50. The number of likely N-dealkylation sites (N-methyl/N-ethyl adjacent to an activating group) is 1. The van der Waals surface area contributed by atoms with Crippen molar-refractivity contribution < 1.29 is 4.74 Å². The number of hydrogen-bond acceptors (Lipinski definition) is 2. The Balaban J connectivity index is 2.78. The van der Waals surface area contributed by atoms with Gasteiger partial charge in [-0.15, -0.1) is 0 Å². The summed E-state index contributed by atoms with van der Waals surface area (Å²) in [6, 6.07) is 0.514. The molecule has 1 saturated carbocycles. The van der Waals surface area contributed by atoms with Crippen LogP contribution in [0.25, 0.3) is 0 Å². The molecular weight excluding hydrogens is 210 g/mol. The maximum Gasteiger partial charge on any atom is 0.0828 e. The van der Waals surface area contributed by atoms with Crippen LogP contribution in [0.1, 0.15) is 65.2 Å². The van der Waals surface area contributed by atoms with Gasteiger partial charge in [-0.3, -0.25) is 0 Å². The van der Waals surface area contributed by atoms with Crippen LogP contribution < -0.4 is 5.32 Å². The lowest BCUT2D eigenvalue weighted by Crippen LogP contribution is -2.54. The number of ether oxygens (including phenoxy) is 1. The minimum Gasteiger partial charge on any atom is -0.377 e. The van der Waals surface area contributed by atoms with Crippen molar-refractivity contribution in [2.24, 2.45) is 5.92 Å². The molecule has 0 aromatic carbocycles. The summed E-state index contributed by atoms with van der Waals surface area (Å²) in [5, 5.41) is 3.57. The number of rotatable bonds is 6. The molecule has 0 heterocycles. The molecule has 2 heteroatoms. The van der Waals surface area contributed by atoms with Crippen LogP contribution in [0.3, 0.4) is 0 Å². The quantitative estimate of drug-likeness (QED) is 0.715. The highest BCUT2D eigenvalue weighted by atomic mass is 16.5. The predicted molar refractivity (Wildman–Crippen MR) is 74.4 cm³/mol. The molecule has 1 aliphatic carbocycles. The third-order valence-electron chi connectivity index (χ3n) is 4.85. The highest BCUT2D eigenvalue weighted by molar-refractivity contribution is 4.95. The lowest BCUT2D eigenvalue weighted by Gasteiger charge is -2.42. The first-order valence-corrected chi connectivity index (χ1v) is 7.46. The largest absolute Gasteiger partial charge is 0.377 e. The Morgan fingerprint density at radius 2 is 1.65 bits per heavy atom. The summed E-state index contributed by atoms with van der Waals surface area (Å²) in [7, 11) is 3.99. The average Bonchev–Trinajstić information content (AvgIpc) is 2.65. The molecule has 0 amide bonds. The van der Waals surface area contributed by atoms with Crippen LogP contribution in [0, 0.1) is 5.92 Å². The molecule has 17 heavy (non-hydrogen) atoms. The third-order valence-corrected chi connectivity index (χ3v) is 4.85. The van der Waals surface area contributed by atoms with Gasteiger partial charge in [0.05, 0.1) is 5.60 Å². The molecule has 0 saturated heterocycles. The predicted octanol–water partition coefficient (Wildman–Crippen LogP) is 3.75. The molecule has 1 N–H and O–H groups in total. The minimum atomic E-state index is 0.0315.